The Bertz CT molecular complexity index is 609. The first-order valence-electron chi connectivity index (χ1n) is 5.70. The van der Waals surface area contributed by atoms with E-state index in [0.29, 0.717) is 17.1 Å². The van der Waals surface area contributed by atoms with E-state index in [1.165, 1.54) is 17.6 Å². The molecule has 0 unspecified atom stereocenters. The Labute approximate surface area is 119 Å². The smallest absolute Gasteiger partial charge is 0.397 e. The largest absolute Gasteiger partial charge is 0.416 e. The molecular formula is C14H11F3N2S. The van der Waals surface area contributed by atoms with E-state index in [-0.39, 0.29) is 0 Å². The maximum atomic E-state index is 12.5. The van der Waals surface area contributed by atoms with E-state index in [1.54, 1.807) is 29.2 Å². The van der Waals surface area contributed by atoms with Gasteiger partial charge in [0.15, 0.2) is 0 Å². The van der Waals surface area contributed by atoms with Crippen LogP contribution in [0.25, 0.3) is 0 Å². The fourth-order valence-electron chi connectivity index (χ4n) is 1.77. The number of hydrogen-bond acceptors (Lipinski definition) is 2. The third-order valence-corrected chi connectivity index (χ3v) is 2.99. The van der Waals surface area contributed by atoms with Crippen LogP contribution in [-0.4, -0.2) is 5.49 Å². The van der Waals surface area contributed by atoms with Gasteiger partial charge < -0.3 is 10.6 Å². The molecule has 0 aliphatic heterocycles. The molecule has 0 saturated heterocycles. The van der Waals surface area contributed by atoms with Crippen molar-refractivity contribution in [2.75, 3.05) is 10.6 Å². The van der Waals surface area contributed by atoms with Crippen LogP contribution >= 0.6 is 12.2 Å². The summed E-state index contributed by atoms with van der Waals surface area (Å²) in [6.45, 7) is 0. The highest BCUT2D eigenvalue weighted by atomic mass is 32.1. The van der Waals surface area contributed by atoms with Crippen molar-refractivity contribution in [1.29, 1.82) is 0 Å². The highest BCUT2D eigenvalue weighted by Gasteiger charge is 2.30. The third-order valence-electron chi connectivity index (χ3n) is 2.77. The summed E-state index contributed by atoms with van der Waals surface area (Å²) in [5.74, 6) is 0. The number of benzene rings is 2. The third kappa shape index (κ3) is 2.91. The Morgan fingerprint density at radius 3 is 2.10 bits per heavy atom. The Hall–Kier alpha value is -2.08. The summed E-state index contributed by atoms with van der Waals surface area (Å²) in [7, 11) is 0. The average molecular weight is 296 g/mol. The van der Waals surface area contributed by atoms with Crippen molar-refractivity contribution < 1.29 is 13.2 Å². The molecule has 0 aliphatic carbocycles. The maximum absolute atomic E-state index is 12.5. The Morgan fingerprint density at radius 1 is 1.00 bits per heavy atom. The fourth-order valence-corrected chi connectivity index (χ4v) is 2.01. The summed E-state index contributed by atoms with van der Waals surface area (Å²) in [6, 6.07) is 11.7. The fraction of sp³-hybridized carbons (Fsp3) is 0.0714. The molecule has 0 atom stereocenters. The van der Waals surface area contributed by atoms with Crippen LogP contribution in [0.2, 0.25) is 0 Å². The first-order valence-corrected chi connectivity index (χ1v) is 6.17. The summed E-state index contributed by atoms with van der Waals surface area (Å²) in [5, 5.41) is 0. The summed E-state index contributed by atoms with van der Waals surface area (Å²) in [5.41, 5.74) is 8.13. The molecular weight excluding hydrogens is 285 g/mol. The number of alkyl halides is 3. The zero-order valence-electron chi connectivity index (χ0n) is 10.3. The first kappa shape index (κ1) is 14.3. The molecule has 0 amide bonds. The Morgan fingerprint density at radius 2 is 1.60 bits per heavy atom. The average Bonchev–Trinajstić information content (AvgIpc) is 2.41. The van der Waals surface area contributed by atoms with Gasteiger partial charge in [0.2, 0.25) is 0 Å². The lowest BCUT2D eigenvalue weighted by Gasteiger charge is -2.21. The number of anilines is 3. The van der Waals surface area contributed by atoms with Crippen LogP contribution in [0.1, 0.15) is 5.56 Å². The normalized spacial score (nSPS) is 11.2. The standard InChI is InChI=1S/C14H11F3N2S/c15-14(16,17)10-5-7-11(8-6-10)19(9-20)13-4-2-1-3-12(13)18/h1-9H,18H2. The van der Waals surface area contributed by atoms with E-state index in [9.17, 15) is 13.2 Å². The zero-order chi connectivity index (χ0) is 14.8. The monoisotopic (exact) mass is 296 g/mol. The van der Waals surface area contributed by atoms with Gasteiger partial charge in [0, 0.05) is 5.69 Å². The van der Waals surface area contributed by atoms with Crippen molar-refractivity contribution in [3.63, 3.8) is 0 Å². The number of para-hydroxylation sites is 2. The van der Waals surface area contributed by atoms with Crippen LogP contribution in [0.3, 0.4) is 0 Å². The summed E-state index contributed by atoms with van der Waals surface area (Å²) in [4.78, 5) is 1.56. The molecule has 2 aromatic rings. The summed E-state index contributed by atoms with van der Waals surface area (Å²) >= 11 is 4.93. The van der Waals surface area contributed by atoms with Crippen LogP contribution in [0.5, 0.6) is 0 Å². The number of nitrogen functional groups attached to an aromatic ring is 1. The minimum absolute atomic E-state index is 0.494. The Kier molecular flexibility index (Phi) is 3.94. The molecule has 20 heavy (non-hydrogen) atoms. The molecule has 2 rings (SSSR count). The predicted molar refractivity (Wildman–Crippen MR) is 78.1 cm³/mol. The van der Waals surface area contributed by atoms with Crippen LogP contribution in [0.4, 0.5) is 30.2 Å². The SMILES string of the molecule is Nc1ccccc1N(C=S)c1ccc(C(F)(F)F)cc1. The van der Waals surface area contributed by atoms with Gasteiger partial charge >= 0.3 is 6.18 Å². The summed E-state index contributed by atoms with van der Waals surface area (Å²) < 4.78 is 37.6. The molecule has 0 fully saturated rings. The van der Waals surface area contributed by atoms with E-state index >= 15 is 0 Å². The van der Waals surface area contributed by atoms with Gasteiger partial charge in [-0.2, -0.15) is 13.2 Å². The number of thiocarbonyl (C=S) groups is 1. The van der Waals surface area contributed by atoms with Crippen molar-refractivity contribution in [2.45, 2.75) is 6.18 Å². The van der Waals surface area contributed by atoms with Gasteiger partial charge in [-0.15, -0.1) is 0 Å². The highest BCUT2D eigenvalue weighted by molar-refractivity contribution is 7.79. The Balaban J connectivity index is 2.39. The molecule has 0 radical (unpaired) electrons. The molecule has 2 N–H and O–H groups in total. The molecule has 0 saturated carbocycles. The van der Waals surface area contributed by atoms with Gasteiger partial charge in [-0.3, -0.25) is 0 Å². The van der Waals surface area contributed by atoms with E-state index < -0.39 is 11.7 Å². The second kappa shape index (κ2) is 5.50. The minimum atomic E-state index is -4.35. The van der Waals surface area contributed by atoms with Gasteiger partial charge in [0.1, 0.15) is 0 Å². The second-order valence-corrected chi connectivity index (χ2v) is 4.29. The lowest BCUT2D eigenvalue weighted by molar-refractivity contribution is -0.137. The van der Waals surface area contributed by atoms with E-state index in [1.807, 2.05) is 0 Å². The molecule has 0 bridgehead atoms. The van der Waals surface area contributed by atoms with Gasteiger partial charge in [0.25, 0.3) is 0 Å². The van der Waals surface area contributed by atoms with Crippen molar-refractivity contribution in [1.82, 2.24) is 0 Å². The van der Waals surface area contributed by atoms with Crippen molar-refractivity contribution in [3.05, 3.63) is 54.1 Å². The molecule has 2 aromatic carbocycles. The van der Waals surface area contributed by atoms with Crippen molar-refractivity contribution in [3.8, 4) is 0 Å². The topological polar surface area (TPSA) is 29.3 Å². The lowest BCUT2D eigenvalue weighted by atomic mass is 10.1. The van der Waals surface area contributed by atoms with Gasteiger partial charge in [-0.25, -0.2) is 0 Å². The quantitative estimate of drug-likeness (QED) is 0.673. The second-order valence-electron chi connectivity index (χ2n) is 4.08. The van der Waals surface area contributed by atoms with Crippen molar-refractivity contribution in [2.24, 2.45) is 0 Å². The first-order chi connectivity index (χ1) is 9.43. The number of nitrogens with zero attached hydrogens (tertiary/aromatic N) is 1. The van der Waals surface area contributed by atoms with Gasteiger partial charge in [-0.05, 0) is 36.4 Å². The number of halogens is 3. The number of nitrogens with two attached hydrogens (primary N) is 1. The highest BCUT2D eigenvalue weighted by Crippen LogP contribution is 2.33. The molecule has 0 spiro atoms. The zero-order valence-corrected chi connectivity index (χ0v) is 11.1. The van der Waals surface area contributed by atoms with Crippen LogP contribution in [0.15, 0.2) is 48.5 Å². The predicted octanol–water partition coefficient (Wildman–Crippen LogP) is 4.38. The van der Waals surface area contributed by atoms with E-state index in [4.69, 9.17) is 18.0 Å². The lowest BCUT2D eigenvalue weighted by Crippen LogP contribution is -2.15. The maximum Gasteiger partial charge on any atom is 0.416 e. The molecule has 6 heteroatoms. The van der Waals surface area contributed by atoms with E-state index in [2.05, 4.69) is 0 Å². The number of rotatable bonds is 3. The molecule has 0 aliphatic rings. The van der Waals surface area contributed by atoms with Crippen LogP contribution in [0, 0.1) is 0 Å². The number of hydrogen-bond donors (Lipinski definition) is 1. The molecule has 0 aromatic heterocycles. The van der Waals surface area contributed by atoms with Crippen molar-refractivity contribution >= 4 is 34.8 Å². The minimum Gasteiger partial charge on any atom is -0.397 e. The molecule has 2 nitrogen and oxygen atoms in total. The van der Waals surface area contributed by atoms with Crippen LogP contribution < -0.4 is 10.6 Å². The van der Waals surface area contributed by atoms with Gasteiger partial charge in [-0.1, -0.05) is 24.4 Å². The molecule has 104 valence electrons. The van der Waals surface area contributed by atoms with Crippen LogP contribution in [-0.2, 0) is 6.18 Å². The molecule has 0 heterocycles. The summed E-state index contributed by atoms with van der Waals surface area (Å²) in [6.07, 6.45) is -4.35. The van der Waals surface area contributed by atoms with Gasteiger partial charge in [0.05, 0.1) is 22.4 Å². The van der Waals surface area contributed by atoms with E-state index in [0.717, 1.165) is 12.1 Å².